The van der Waals surface area contributed by atoms with E-state index in [1.54, 1.807) is 37.3 Å². The molecule has 1 N–H and O–H groups in total. The first-order valence-corrected chi connectivity index (χ1v) is 9.81. The number of halogens is 1. The van der Waals surface area contributed by atoms with Crippen LogP contribution in [-0.4, -0.2) is 25.1 Å². The largest absolute Gasteiger partial charge is 0.484 e. The predicted molar refractivity (Wildman–Crippen MR) is 111 cm³/mol. The van der Waals surface area contributed by atoms with Crippen LogP contribution >= 0.6 is 22.9 Å². The van der Waals surface area contributed by atoms with Gasteiger partial charge in [0.2, 0.25) is 0 Å². The summed E-state index contributed by atoms with van der Waals surface area (Å²) in [5, 5.41) is 3.69. The summed E-state index contributed by atoms with van der Waals surface area (Å²) in [6, 6.07) is 18.1. The van der Waals surface area contributed by atoms with Crippen LogP contribution in [0.5, 0.6) is 5.75 Å². The summed E-state index contributed by atoms with van der Waals surface area (Å²) in [7, 11) is 0. The van der Waals surface area contributed by atoms with Gasteiger partial charge in [0.25, 0.3) is 5.91 Å². The molecule has 1 amide bonds. The minimum Gasteiger partial charge on any atom is -0.484 e. The second-order valence-electron chi connectivity index (χ2n) is 5.73. The first-order valence-electron chi connectivity index (χ1n) is 8.61. The number of hydrogen-bond donors (Lipinski definition) is 1. The fourth-order valence-electron chi connectivity index (χ4n) is 2.46. The maximum absolute atomic E-state index is 12.3. The number of carbonyl (C=O) groups excluding carboxylic acids is 2. The van der Waals surface area contributed by atoms with Gasteiger partial charge in [-0.1, -0.05) is 48.0 Å². The number of rotatable bonds is 7. The van der Waals surface area contributed by atoms with Gasteiger partial charge in [0.15, 0.2) is 6.61 Å². The lowest BCUT2D eigenvalue weighted by molar-refractivity contribution is -0.118. The number of benzene rings is 2. The van der Waals surface area contributed by atoms with Crippen molar-refractivity contribution in [3.8, 4) is 16.2 Å². The zero-order valence-electron chi connectivity index (χ0n) is 15.1. The van der Waals surface area contributed by atoms with Crippen molar-refractivity contribution in [1.29, 1.82) is 0 Å². The van der Waals surface area contributed by atoms with Crippen LogP contribution in [-0.2, 0) is 9.53 Å². The van der Waals surface area contributed by atoms with Crippen LogP contribution in [0.3, 0.4) is 0 Å². The molecule has 0 saturated heterocycles. The van der Waals surface area contributed by atoms with Gasteiger partial charge in [0, 0.05) is 9.90 Å². The minimum absolute atomic E-state index is 0.207. The van der Waals surface area contributed by atoms with Crippen molar-refractivity contribution in [2.75, 3.05) is 18.5 Å². The van der Waals surface area contributed by atoms with E-state index in [0.29, 0.717) is 21.3 Å². The number of thiophene rings is 1. The van der Waals surface area contributed by atoms with Crippen molar-refractivity contribution in [2.45, 2.75) is 6.92 Å². The number of nitrogens with one attached hydrogen (secondary N) is 1. The number of anilines is 1. The van der Waals surface area contributed by atoms with Gasteiger partial charge in [-0.25, -0.2) is 4.79 Å². The van der Waals surface area contributed by atoms with E-state index in [1.807, 2.05) is 30.3 Å². The molecule has 2 aromatic carbocycles. The number of esters is 1. The number of hydrogen-bond acceptors (Lipinski definition) is 5. The molecular formula is C21H18ClNO4S. The number of amides is 1. The Morgan fingerprint density at radius 1 is 1.07 bits per heavy atom. The lowest BCUT2D eigenvalue weighted by Gasteiger charge is -2.08. The fraction of sp³-hybridized carbons (Fsp3) is 0.143. The minimum atomic E-state index is -0.480. The van der Waals surface area contributed by atoms with E-state index in [1.165, 1.54) is 11.3 Å². The van der Waals surface area contributed by atoms with Crippen LogP contribution in [0.1, 0.15) is 17.3 Å². The second-order valence-corrected chi connectivity index (χ2v) is 7.22. The smallest absolute Gasteiger partial charge is 0.341 e. The standard InChI is InChI=1S/C21H18ClNO4S/c1-2-26-21(25)17-12-18(14-7-4-3-5-8-14)28-20(17)23-19(24)13-27-16-10-6-9-15(22)11-16/h3-12H,2,13H2,1H3,(H,23,24). The van der Waals surface area contributed by atoms with Gasteiger partial charge in [-0.3, -0.25) is 4.79 Å². The van der Waals surface area contributed by atoms with E-state index in [9.17, 15) is 9.59 Å². The maximum Gasteiger partial charge on any atom is 0.341 e. The van der Waals surface area contributed by atoms with E-state index < -0.39 is 5.97 Å². The van der Waals surface area contributed by atoms with E-state index in [0.717, 1.165) is 10.4 Å². The van der Waals surface area contributed by atoms with Gasteiger partial charge in [-0.2, -0.15) is 0 Å². The molecule has 0 radical (unpaired) electrons. The summed E-state index contributed by atoms with van der Waals surface area (Å²) < 4.78 is 10.6. The van der Waals surface area contributed by atoms with Gasteiger partial charge in [-0.05, 0) is 36.8 Å². The number of ether oxygens (including phenoxy) is 2. The summed E-state index contributed by atoms with van der Waals surface area (Å²) in [4.78, 5) is 25.5. The SMILES string of the molecule is CCOC(=O)c1cc(-c2ccccc2)sc1NC(=O)COc1cccc(Cl)c1. The Balaban J connectivity index is 1.76. The highest BCUT2D eigenvalue weighted by Crippen LogP contribution is 2.36. The quantitative estimate of drug-likeness (QED) is 0.534. The lowest BCUT2D eigenvalue weighted by Crippen LogP contribution is -2.21. The van der Waals surface area contributed by atoms with Gasteiger partial charge >= 0.3 is 5.97 Å². The summed E-state index contributed by atoms with van der Waals surface area (Å²) in [5.74, 6) is -0.372. The molecule has 1 aromatic heterocycles. The van der Waals surface area contributed by atoms with E-state index in [-0.39, 0.29) is 19.1 Å². The first kappa shape index (κ1) is 19.9. The molecular weight excluding hydrogens is 398 g/mol. The molecule has 3 aromatic rings. The Kier molecular flexibility index (Phi) is 6.68. The summed E-state index contributed by atoms with van der Waals surface area (Å²) in [6.45, 7) is 1.78. The van der Waals surface area contributed by atoms with Crippen LogP contribution in [0.2, 0.25) is 5.02 Å². The molecule has 7 heteroatoms. The Labute approximate surface area is 171 Å². The topological polar surface area (TPSA) is 64.6 Å². The molecule has 0 atom stereocenters. The Morgan fingerprint density at radius 2 is 1.86 bits per heavy atom. The second kappa shape index (κ2) is 9.39. The van der Waals surface area contributed by atoms with Crippen molar-refractivity contribution in [1.82, 2.24) is 0 Å². The predicted octanol–water partition coefficient (Wildman–Crippen LogP) is 5.26. The molecule has 5 nitrogen and oxygen atoms in total. The van der Waals surface area contributed by atoms with Gasteiger partial charge in [-0.15, -0.1) is 11.3 Å². The molecule has 0 unspecified atom stereocenters. The average Bonchev–Trinajstić information content (AvgIpc) is 3.11. The maximum atomic E-state index is 12.3. The van der Waals surface area contributed by atoms with E-state index in [2.05, 4.69) is 5.32 Å². The van der Waals surface area contributed by atoms with E-state index >= 15 is 0 Å². The monoisotopic (exact) mass is 415 g/mol. The normalized spacial score (nSPS) is 10.4. The molecule has 144 valence electrons. The van der Waals surface area contributed by atoms with E-state index in [4.69, 9.17) is 21.1 Å². The third kappa shape index (κ3) is 5.12. The lowest BCUT2D eigenvalue weighted by atomic mass is 10.1. The van der Waals surface area contributed by atoms with Gasteiger partial charge in [0.05, 0.1) is 12.2 Å². The van der Waals surface area contributed by atoms with Crippen LogP contribution < -0.4 is 10.1 Å². The van der Waals surface area contributed by atoms with Gasteiger partial charge < -0.3 is 14.8 Å². The van der Waals surface area contributed by atoms with Gasteiger partial charge in [0.1, 0.15) is 10.8 Å². The molecule has 0 bridgehead atoms. The molecule has 0 saturated carbocycles. The third-order valence-electron chi connectivity index (χ3n) is 3.70. The molecule has 1 heterocycles. The zero-order valence-corrected chi connectivity index (χ0v) is 16.7. The van der Waals surface area contributed by atoms with Crippen molar-refractivity contribution >= 4 is 39.8 Å². The van der Waals surface area contributed by atoms with Crippen LogP contribution in [0.4, 0.5) is 5.00 Å². The Bertz CT molecular complexity index is 972. The van der Waals surface area contributed by atoms with Crippen molar-refractivity contribution < 1.29 is 19.1 Å². The molecule has 0 fully saturated rings. The molecule has 0 aliphatic carbocycles. The summed E-state index contributed by atoms with van der Waals surface area (Å²) >= 11 is 7.22. The highest BCUT2D eigenvalue weighted by atomic mass is 35.5. The van der Waals surface area contributed by atoms with Crippen molar-refractivity contribution in [3.63, 3.8) is 0 Å². The van der Waals surface area contributed by atoms with Crippen molar-refractivity contribution in [3.05, 3.63) is 71.2 Å². The Morgan fingerprint density at radius 3 is 2.57 bits per heavy atom. The van der Waals surface area contributed by atoms with Crippen molar-refractivity contribution in [2.24, 2.45) is 0 Å². The average molecular weight is 416 g/mol. The highest BCUT2D eigenvalue weighted by Gasteiger charge is 2.20. The fourth-order valence-corrected chi connectivity index (χ4v) is 3.71. The zero-order chi connectivity index (χ0) is 19.9. The highest BCUT2D eigenvalue weighted by molar-refractivity contribution is 7.20. The Hall–Kier alpha value is -2.83. The molecule has 0 aliphatic rings. The molecule has 0 spiro atoms. The number of carbonyl (C=O) groups is 2. The van der Waals surface area contributed by atoms with Crippen LogP contribution in [0.15, 0.2) is 60.7 Å². The molecule has 28 heavy (non-hydrogen) atoms. The van der Waals surface area contributed by atoms with Crippen LogP contribution in [0.25, 0.3) is 10.4 Å². The third-order valence-corrected chi connectivity index (χ3v) is 5.04. The molecule has 3 rings (SSSR count). The molecule has 0 aliphatic heterocycles. The summed E-state index contributed by atoms with van der Waals surface area (Å²) in [6.07, 6.45) is 0. The summed E-state index contributed by atoms with van der Waals surface area (Å²) in [5.41, 5.74) is 1.27. The first-order chi connectivity index (χ1) is 13.6. The van der Waals surface area contributed by atoms with Crippen LogP contribution in [0, 0.1) is 0 Å².